The Morgan fingerprint density at radius 1 is 1.11 bits per heavy atom. The van der Waals surface area contributed by atoms with E-state index in [9.17, 15) is 0 Å². The van der Waals surface area contributed by atoms with Crippen molar-refractivity contribution in [2.24, 2.45) is 22.4 Å². The van der Waals surface area contributed by atoms with Crippen LogP contribution in [0.5, 0.6) is 5.75 Å². The van der Waals surface area contributed by atoms with Gasteiger partial charge in [-0.2, -0.15) is 0 Å². The number of ether oxygens (including phenoxy) is 1. The molecule has 0 N–H and O–H groups in total. The summed E-state index contributed by atoms with van der Waals surface area (Å²) in [6.45, 7) is 9.12. The molecule has 28 heavy (non-hydrogen) atoms. The fourth-order valence-electron chi connectivity index (χ4n) is 6.23. The second-order valence-corrected chi connectivity index (χ2v) is 14.5. The highest BCUT2D eigenvalue weighted by Gasteiger charge is 2.55. The quantitative estimate of drug-likeness (QED) is 0.465. The maximum atomic E-state index is 6.28. The molecule has 5 atom stereocenters. The molecule has 1 aromatic rings. The van der Waals surface area contributed by atoms with E-state index in [2.05, 4.69) is 49.9 Å². The number of hydrogen-bond acceptors (Lipinski definition) is 4. The topological polar surface area (TPSA) is 40.0 Å². The SMILES string of the molecule is CO/N=C1/CC[C@H]2[C@@H]3C[C@H](OC)c4cc(O[Si](C)(C)C)ccc4[C@H]3CC[C@]12C. The van der Waals surface area contributed by atoms with Crippen LogP contribution in [0.3, 0.4) is 0 Å². The van der Waals surface area contributed by atoms with Crippen molar-refractivity contribution in [2.45, 2.75) is 70.7 Å². The van der Waals surface area contributed by atoms with Crippen LogP contribution in [0.25, 0.3) is 0 Å². The molecule has 0 radical (unpaired) electrons. The number of oxime groups is 1. The van der Waals surface area contributed by atoms with E-state index >= 15 is 0 Å². The van der Waals surface area contributed by atoms with Crippen molar-refractivity contribution in [2.75, 3.05) is 14.2 Å². The summed E-state index contributed by atoms with van der Waals surface area (Å²) in [6, 6.07) is 6.78. The minimum atomic E-state index is -1.62. The molecule has 0 unspecified atom stereocenters. The van der Waals surface area contributed by atoms with E-state index in [1.54, 1.807) is 7.11 Å². The van der Waals surface area contributed by atoms with E-state index in [-0.39, 0.29) is 11.5 Å². The van der Waals surface area contributed by atoms with Crippen LogP contribution in [0.4, 0.5) is 0 Å². The first-order valence-corrected chi connectivity index (χ1v) is 14.1. The lowest BCUT2D eigenvalue weighted by atomic mass is 9.55. The average Bonchev–Trinajstić information content (AvgIpc) is 2.96. The molecule has 154 valence electrons. The molecule has 0 spiro atoms. The standard InChI is InChI=1S/C23H35NO3Si/c1-23-12-11-17-16-8-7-15(27-28(4,5)6)13-19(16)21(25-2)14-18(17)20(23)9-10-22(23)24-26-3/h7-8,13,17-18,20-21H,9-12,14H2,1-6H3/b24-22-/t17-,18-,20+,21+,23+/m1/s1. The highest BCUT2D eigenvalue weighted by atomic mass is 28.4. The molecule has 5 heteroatoms. The molecule has 4 nitrogen and oxygen atoms in total. The monoisotopic (exact) mass is 401 g/mol. The number of nitrogens with zero attached hydrogens (tertiary/aromatic N) is 1. The molecule has 3 aliphatic rings. The van der Waals surface area contributed by atoms with E-state index in [1.165, 1.54) is 36.1 Å². The molecular formula is C23H35NO3Si. The second kappa shape index (κ2) is 7.17. The number of methoxy groups -OCH3 is 1. The number of hydrogen-bond donors (Lipinski definition) is 0. The van der Waals surface area contributed by atoms with Gasteiger partial charge >= 0.3 is 0 Å². The van der Waals surface area contributed by atoms with Gasteiger partial charge < -0.3 is 14.0 Å². The molecule has 2 saturated carbocycles. The Bertz CT molecular complexity index is 772. The molecule has 0 bridgehead atoms. The molecule has 0 heterocycles. The molecule has 3 aliphatic carbocycles. The largest absolute Gasteiger partial charge is 0.544 e. The Balaban J connectivity index is 1.68. The predicted molar refractivity (Wildman–Crippen MR) is 116 cm³/mol. The van der Waals surface area contributed by atoms with E-state index in [4.69, 9.17) is 14.0 Å². The van der Waals surface area contributed by atoms with Gasteiger partial charge in [-0.05, 0) is 92.8 Å². The molecule has 0 saturated heterocycles. The van der Waals surface area contributed by atoms with Crippen LogP contribution in [-0.2, 0) is 9.57 Å². The van der Waals surface area contributed by atoms with Gasteiger partial charge in [0, 0.05) is 12.5 Å². The van der Waals surface area contributed by atoms with Crippen molar-refractivity contribution in [3.8, 4) is 5.75 Å². The van der Waals surface area contributed by atoms with Gasteiger partial charge in [-0.25, -0.2) is 0 Å². The first-order valence-electron chi connectivity index (χ1n) is 10.7. The third-order valence-electron chi connectivity index (χ3n) is 7.38. The highest BCUT2D eigenvalue weighted by molar-refractivity contribution is 6.70. The van der Waals surface area contributed by atoms with Crippen LogP contribution in [0, 0.1) is 17.3 Å². The zero-order valence-corrected chi connectivity index (χ0v) is 19.2. The summed E-state index contributed by atoms with van der Waals surface area (Å²) in [6.07, 6.45) is 5.98. The summed E-state index contributed by atoms with van der Waals surface area (Å²) in [5.41, 5.74) is 4.31. The highest BCUT2D eigenvalue weighted by Crippen LogP contribution is 2.61. The van der Waals surface area contributed by atoms with Crippen molar-refractivity contribution < 1.29 is 14.0 Å². The van der Waals surface area contributed by atoms with Gasteiger partial charge in [0.1, 0.15) is 12.9 Å². The molecular weight excluding hydrogens is 366 g/mol. The Morgan fingerprint density at radius 2 is 1.89 bits per heavy atom. The lowest BCUT2D eigenvalue weighted by molar-refractivity contribution is 0.0136. The summed E-state index contributed by atoms with van der Waals surface area (Å²) in [5, 5.41) is 4.42. The smallest absolute Gasteiger partial charge is 0.242 e. The van der Waals surface area contributed by atoms with Gasteiger partial charge in [-0.3, -0.25) is 0 Å². The van der Waals surface area contributed by atoms with Gasteiger partial charge in [-0.1, -0.05) is 18.1 Å². The summed E-state index contributed by atoms with van der Waals surface area (Å²) in [5.74, 6) is 2.96. The number of rotatable bonds is 4. The number of benzene rings is 1. The van der Waals surface area contributed by atoms with Crippen LogP contribution in [0.15, 0.2) is 23.4 Å². The van der Waals surface area contributed by atoms with Crippen LogP contribution >= 0.6 is 0 Å². The van der Waals surface area contributed by atoms with Gasteiger partial charge in [0.05, 0.1) is 11.8 Å². The summed E-state index contributed by atoms with van der Waals surface area (Å²) in [7, 11) is 1.91. The third kappa shape index (κ3) is 3.30. The summed E-state index contributed by atoms with van der Waals surface area (Å²) >= 11 is 0. The van der Waals surface area contributed by atoms with Crippen molar-refractivity contribution in [3.63, 3.8) is 0 Å². The first-order chi connectivity index (χ1) is 13.3. The van der Waals surface area contributed by atoms with Crippen LogP contribution in [0.1, 0.15) is 62.2 Å². The molecule has 0 aromatic heterocycles. The van der Waals surface area contributed by atoms with E-state index < -0.39 is 8.32 Å². The fraction of sp³-hybridized carbons (Fsp3) is 0.696. The molecule has 2 fully saturated rings. The van der Waals surface area contributed by atoms with Crippen molar-refractivity contribution in [3.05, 3.63) is 29.3 Å². The lowest BCUT2D eigenvalue weighted by Crippen LogP contribution is -2.43. The Labute approximate surface area is 170 Å². The maximum absolute atomic E-state index is 6.28. The minimum Gasteiger partial charge on any atom is -0.544 e. The van der Waals surface area contributed by atoms with Gasteiger partial charge in [0.15, 0.2) is 0 Å². The van der Waals surface area contributed by atoms with Crippen molar-refractivity contribution in [1.82, 2.24) is 0 Å². The molecule has 0 aliphatic heterocycles. The van der Waals surface area contributed by atoms with Crippen molar-refractivity contribution >= 4 is 14.0 Å². The van der Waals surface area contributed by atoms with E-state index in [0.29, 0.717) is 17.8 Å². The van der Waals surface area contributed by atoms with Gasteiger partial charge in [-0.15, -0.1) is 0 Å². The fourth-order valence-corrected chi connectivity index (χ4v) is 7.07. The number of fused-ring (bicyclic) bond motifs is 5. The Kier molecular flexibility index (Phi) is 5.11. The predicted octanol–water partition coefficient (Wildman–Crippen LogP) is 5.90. The zero-order valence-electron chi connectivity index (χ0n) is 18.2. The first kappa shape index (κ1) is 20.0. The van der Waals surface area contributed by atoms with Crippen LogP contribution < -0.4 is 4.43 Å². The average molecular weight is 402 g/mol. The van der Waals surface area contributed by atoms with Crippen LogP contribution in [-0.4, -0.2) is 28.2 Å². The molecule has 4 rings (SSSR count). The summed E-state index contributed by atoms with van der Waals surface area (Å²) < 4.78 is 12.3. The van der Waals surface area contributed by atoms with Gasteiger partial charge in [0.2, 0.25) is 8.32 Å². The Morgan fingerprint density at radius 3 is 2.57 bits per heavy atom. The van der Waals surface area contributed by atoms with E-state index in [0.717, 1.165) is 18.6 Å². The summed E-state index contributed by atoms with van der Waals surface area (Å²) in [4.78, 5) is 5.18. The zero-order chi connectivity index (χ0) is 20.1. The maximum Gasteiger partial charge on any atom is 0.242 e. The Hall–Kier alpha value is -1.33. The molecule has 0 amide bonds. The minimum absolute atomic E-state index is 0.159. The second-order valence-electron chi connectivity index (χ2n) is 10.1. The van der Waals surface area contributed by atoms with Crippen molar-refractivity contribution in [1.29, 1.82) is 0 Å². The van der Waals surface area contributed by atoms with E-state index in [1.807, 2.05) is 7.11 Å². The van der Waals surface area contributed by atoms with Crippen LogP contribution in [0.2, 0.25) is 19.6 Å². The molecule has 1 aromatic carbocycles. The lowest BCUT2D eigenvalue weighted by Gasteiger charge is -2.50. The third-order valence-corrected chi connectivity index (χ3v) is 8.23. The van der Waals surface area contributed by atoms with Gasteiger partial charge in [0.25, 0.3) is 0 Å². The normalized spacial score (nSPS) is 35.9.